The Hall–Kier alpha value is -2.64. The summed E-state index contributed by atoms with van der Waals surface area (Å²) < 4.78 is 14.0. The van der Waals surface area contributed by atoms with Crippen molar-refractivity contribution in [1.29, 1.82) is 0 Å². The molecule has 25 heavy (non-hydrogen) atoms. The number of aryl methyl sites for hydroxylation is 1. The Labute approximate surface area is 145 Å². The van der Waals surface area contributed by atoms with Crippen molar-refractivity contribution in [2.24, 2.45) is 0 Å². The lowest BCUT2D eigenvalue weighted by Crippen LogP contribution is -2.33. The lowest BCUT2D eigenvalue weighted by molar-refractivity contribution is -0.116. The number of hydrazine groups is 1. The van der Waals surface area contributed by atoms with Crippen LogP contribution in [-0.4, -0.2) is 25.3 Å². The Morgan fingerprint density at radius 3 is 2.80 bits per heavy atom. The van der Waals surface area contributed by atoms with E-state index < -0.39 is 6.04 Å². The van der Waals surface area contributed by atoms with Gasteiger partial charge >= 0.3 is 0 Å². The van der Waals surface area contributed by atoms with Crippen LogP contribution < -0.4 is 26.4 Å². The quantitative estimate of drug-likeness (QED) is 0.687. The van der Waals surface area contributed by atoms with Gasteiger partial charge in [0.05, 0.1) is 13.3 Å². The van der Waals surface area contributed by atoms with E-state index in [2.05, 4.69) is 26.4 Å². The molecule has 130 valence electrons. The van der Waals surface area contributed by atoms with Crippen molar-refractivity contribution in [1.82, 2.24) is 10.9 Å². The van der Waals surface area contributed by atoms with Gasteiger partial charge in [0.2, 0.25) is 5.91 Å². The second-order valence-electron chi connectivity index (χ2n) is 6.37. The molecular weight excluding hydrogens is 321 g/mol. The normalized spacial score (nSPS) is 18.8. The Balaban J connectivity index is 1.47. The molecule has 4 N–H and O–H groups in total. The summed E-state index contributed by atoms with van der Waals surface area (Å²) in [6.45, 7) is 3.32. The minimum absolute atomic E-state index is 0.162. The first-order valence-electron chi connectivity index (χ1n) is 8.28. The van der Waals surface area contributed by atoms with Crippen LogP contribution in [0.3, 0.4) is 0 Å². The predicted molar refractivity (Wildman–Crippen MR) is 95.8 cm³/mol. The second-order valence-corrected chi connectivity index (χ2v) is 6.37. The molecule has 2 heterocycles. The fourth-order valence-corrected chi connectivity index (χ4v) is 3.28. The minimum Gasteiger partial charge on any atom is -0.373 e. The number of rotatable bonds is 3. The van der Waals surface area contributed by atoms with E-state index in [-0.39, 0.29) is 11.7 Å². The van der Waals surface area contributed by atoms with Gasteiger partial charge in [-0.25, -0.2) is 15.2 Å². The van der Waals surface area contributed by atoms with E-state index in [0.29, 0.717) is 25.3 Å². The number of fused-ring (bicyclic) bond motifs is 1. The van der Waals surface area contributed by atoms with Gasteiger partial charge in [0, 0.05) is 29.0 Å². The summed E-state index contributed by atoms with van der Waals surface area (Å²) in [4.78, 5) is 14.7. The van der Waals surface area contributed by atoms with E-state index in [0.717, 1.165) is 22.6 Å². The number of nitrogens with one attached hydrogen (secondary N) is 4. The van der Waals surface area contributed by atoms with Gasteiger partial charge in [-0.3, -0.25) is 4.79 Å². The second kappa shape index (κ2) is 6.34. The maximum atomic E-state index is 14.0. The molecule has 1 fully saturated rings. The van der Waals surface area contributed by atoms with Gasteiger partial charge < -0.3 is 15.5 Å². The largest absolute Gasteiger partial charge is 0.373 e. The van der Waals surface area contributed by atoms with E-state index >= 15 is 0 Å². The van der Waals surface area contributed by atoms with Gasteiger partial charge in [0.1, 0.15) is 11.9 Å². The number of carbonyl (C=O) groups is 1. The molecule has 1 amide bonds. The van der Waals surface area contributed by atoms with E-state index in [9.17, 15) is 9.18 Å². The smallest absolute Gasteiger partial charge is 0.247 e. The number of hydrogen-bond donors (Lipinski definition) is 4. The van der Waals surface area contributed by atoms with Gasteiger partial charge in [0.15, 0.2) is 0 Å². The number of amides is 1. The van der Waals surface area contributed by atoms with E-state index in [1.807, 2.05) is 31.2 Å². The van der Waals surface area contributed by atoms with Crippen LogP contribution in [-0.2, 0) is 11.2 Å². The van der Waals surface area contributed by atoms with Crippen molar-refractivity contribution < 1.29 is 9.18 Å². The minimum atomic E-state index is -0.468. The molecule has 2 aromatic carbocycles. The Kier molecular flexibility index (Phi) is 4.03. The summed E-state index contributed by atoms with van der Waals surface area (Å²) in [5.41, 5.74) is 10.1. The molecule has 1 unspecified atom stereocenters. The van der Waals surface area contributed by atoms with Crippen molar-refractivity contribution in [3.63, 3.8) is 0 Å². The third-order valence-electron chi connectivity index (χ3n) is 4.65. The first-order chi connectivity index (χ1) is 12.1. The molecule has 1 atom stereocenters. The number of halogens is 1. The monoisotopic (exact) mass is 341 g/mol. The molecule has 0 aromatic heterocycles. The van der Waals surface area contributed by atoms with Crippen molar-refractivity contribution in [2.75, 3.05) is 28.9 Å². The average Bonchev–Trinajstić information content (AvgIpc) is 3.28. The zero-order chi connectivity index (χ0) is 17.4. The summed E-state index contributed by atoms with van der Waals surface area (Å²) in [7, 11) is 0. The van der Waals surface area contributed by atoms with Crippen LogP contribution in [0.15, 0.2) is 36.4 Å². The fraction of sp³-hybridized carbons (Fsp3) is 0.278. The molecule has 2 aromatic rings. The van der Waals surface area contributed by atoms with Gasteiger partial charge in [-0.2, -0.15) is 0 Å². The van der Waals surface area contributed by atoms with E-state index in [1.54, 1.807) is 6.07 Å². The molecule has 0 radical (unpaired) electrons. The Bertz CT molecular complexity index is 788. The van der Waals surface area contributed by atoms with E-state index in [1.165, 1.54) is 6.07 Å². The molecule has 4 rings (SSSR count). The first-order valence-corrected chi connectivity index (χ1v) is 8.28. The predicted octanol–water partition coefficient (Wildman–Crippen LogP) is 1.94. The molecule has 0 saturated carbocycles. The van der Waals surface area contributed by atoms with Crippen molar-refractivity contribution in [2.45, 2.75) is 19.4 Å². The van der Waals surface area contributed by atoms with E-state index in [4.69, 9.17) is 0 Å². The Morgan fingerprint density at radius 1 is 1.24 bits per heavy atom. The highest BCUT2D eigenvalue weighted by atomic mass is 19.1. The maximum absolute atomic E-state index is 14.0. The number of nitrogens with zero attached hydrogens (tertiary/aromatic N) is 1. The van der Waals surface area contributed by atoms with Gasteiger partial charge in [0.25, 0.3) is 0 Å². The highest BCUT2D eigenvalue weighted by molar-refractivity contribution is 5.98. The number of hydrogen-bond acceptors (Lipinski definition) is 5. The standard InChI is InChI=1S/C18H20FN5O/c1-11-5-6-15(19)14-8-16(23-17(11)14)18(25)22-12-3-2-4-13(7-12)24-9-20-21-10-24/h2-7,16,20-21,23H,8-10H2,1H3,(H,22,25). The van der Waals surface area contributed by atoms with Crippen LogP contribution in [0.4, 0.5) is 21.5 Å². The fourth-order valence-electron chi connectivity index (χ4n) is 3.28. The molecule has 1 saturated heterocycles. The molecule has 0 bridgehead atoms. The zero-order valence-electron chi connectivity index (χ0n) is 13.9. The molecule has 0 aliphatic carbocycles. The summed E-state index contributed by atoms with van der Waals surface area (Å²) in [5, 5.41) is 6.08. The van der Waals surface area contributed by atoms with Crippen LogP contribution in [0.1, 0.15) is 11.1 Å². The summed E-state index contributed by atoms with van der Waals surface area (Å²) in [6, 6.07) is 10.4. The summed E-state index contributed by atoms with van der Waals surface area (Å²) >= 11 is 0. The molecule has 2 aliphatic rings. The summed E-state index contributed by atoms with van der Waals surface area (Å²) in [5.74, 6) is -0.427. The molecular formula is C18H20FN5O. The average molecular weight is 341 g/mol. The SMILES string of the molecule is Cc1ccc(F)c2c1NC(C(=O)Nc1cccc(N3CNNC3)c1)C2. The first kappa shape index (κ1) is 15.9. The lowest BCUT2D eigenvalue weighted by atomic mass is 10.1. The Morgan fingerprint density at radius 2 is 2.04 bits per heavy atom. The van der Waals surface area contributed by atoms with Crippen LogP contribution in [0.2, 0.25) is 0 Å². The number of benzene rings is 2. The van der Waals surface area contributed by atoms with Crippen molar-refractivity contribution in [3.8, 4) is 0 Å². The van der Waals surface area contributed by atoms with Gasteiger partial charge in [-0.1, -0.05) is 12.1 Å². The van der Waals surface area contributed by atoms with Crippen molar-refractivity contribution >= 4 is 23.0 Å². The van der Waals surface area contributed by atoms with Gasteiger partial charge in [-0.15, -0.1) is 0 Å². The molecule has 0 spiro atoms. The molecule has 6 nitrogen and oxygen atoms in total. The van der Waals surface area contributed by atoms with Crippen LogP contribution in [0.25, 0.3) is 0 Å². The lowest BCUT2D eigenvalue weighted by Gasteiger charge is -2.17. The third kappa shape index (κ3) is 3.04. The van der Waals surface area contributed by atoms with Crippen molar-refractivity contribution in [3.05, 3.63) is 53.3 Å². The third-order valence-corrected chi connectivity index (χ3v) is 4.65. The highest BCUT2D eigenvalue weighted by Gasteiger charge is 2.30. The van der Waals surface area contributed by atoms with Crippen LogP contribution >= 0.6 is 0 Å². The highest BCUT2D eigenvalue weighted by Crippen LogP contribution is 2.32. The van der Waals surface area contributed by atoms with Gasteiger partial charge in [-0.05, 0) is 36.8 Å². The molecule has 7 heteroatoms. The number of carbonyl (C=O) groups excluding carboxylic acids is 1. The van der Waals surface area contributed by atoms with Crippen LogP contribution in [0, 0.1) is 12.7 Å². The zero-order valence-corrected chi connectivity index (χ0v) is 13.9. The topological polar surface area (TPSA) is 68.4 Å². The summed E-state index contributed by atoms with van der Waals surface area (Å²) in [6.07, 6.45) is 0.355. The molecule has 2 aliphatic heterocycles. The maximum Gasteiger partial charge on any atom is 0.247 e. The number of anilines is 3. The van der Waals surface area contributed by atoms with Crippen LogP contribution in [0.5, 0.6) is 0 Å².